The lowest BCUT2D eigenvalue weighted by molar-refractivity contribution is -0.122. The molecule has 1 aliphatic heterocycles. The van der Waals surface area contributed by atoms with E-state index >= 15 is 0 Å². The molecule has 1 atom stereocenters. The lowest BCUT2D eigenvalue weighted by Crippen LogP contribution is -2.47. The molecule has 0 saturated carbocycles. The van der Waals surface area contributed by atoms with E-state index in [2.05, 4.69) is 10.6 Å². The van der Waals surface area contributed by atoms with Crippen LogP contribution in [0.5, 0.6) is 11.5 Å². The predicted octanol–water partition coefficient (Wildman–Crippen LogP) is 0.106. The highest BCUT2D eigenvalue weighted by Crippen LogP contribution is 2.22. The SMILES string of the molecule is O=C1CCC(NC(=O)c2ccc(O)cc2O)CN1. The largest absolute Gasteiger partial charge is 0.508 e. The van der Waals surface area contributed by atoms with Gasteiger partial charge in [-0.15, -0.1) is 0 Å². The van der Waals surface area contributed by atoms with Gasteiger partial charge in [-0.05, 0) is 18.6 Å². The summed E-state index contributed by atoms with van der Waals surface area (Å²) >= 11 is 0. The second-order valence-electron chi connectivity index (χ2n) is 4.21. The van der Waals surface area contributed by atoms with E-state index < -0.39 is 5.91 Å². The Morgan fingerprint density at radius 2 is 2.17 bits per heavy atom. The number of rotatable bonds is 2. The zero-order chi connectivity index (χ0) is 13.1. The maximum Gasteiger partial charge on any atom is 0.255 e. The summed E-state index contributed by atoms with van der Waals surface area (Å²) in [6, 6.07) is 3.65. The summed E-state index contributed by atoms with van der Waals surface area (Å²) in [4.78, 5) is 22.8. The van der Waals surface area contributed by atoms with Crippen molar-refractivity contribution in [1.82, 2.24) is 10.6 Å². The summed E-state index contributed by atoms with van der Waals surface area (Å²) < 4.78 is 0. The Balaban J connectivity index is 2.01. The fourth-order valence-electron chi connectivity index (χ4n) is 1.83. The van der Waals surface area contributed by atoms with Crippen molar-refractivity contribution in [1.29, 1.82) is 0 Å². The number of amides is 2. The van der Waals surface area contributed by atoms with Gasteiger partial charge in [0.1, 0.15) is 11.5 Å². The fourth-order valence-corrected chi connectivity index (χ4v) is 1.83. The Kier molecular flexibility index (Phi) is 3.36. The van der Waals surface area contributed by atoms with Crippen molar-refractivity contribution in [2.75, 3.05) is 6.54 Å². The number of phenolic OH excluding ortho intramolecular Hbond substituents is 2. The molecule has 2 rings (SSSR count). The molecule has 1 aromatic carbocycles. The summed E-state index contributed by atoms with van der Waals surface area (Å²) in [6.07, 6.45) is 0.961. The summed E-state index contributed by atoms with van der Waals surface area (Å²) in [5.41, 5.74) is 0.102. The standard InChI is InChI=1S/C12H14N2O4/c15-8-2-3-9(10(16)5-8)12(18)14-7-1-4-11(17)13-6-7/h2-3,5,7,15-16H,1,4,6H2,(H,13,17)(H,14,18). The van der Waals surface area contributed by atoms with Gasteiger partial charge in [-0.2, -0.15) is 0 Å². The maximum atomic E-state index is 11.9. The van der Waals surface area contributed by atoms with E-state index in [4.69, 9.17) is 5.11 Å². The summed E-state index contributed by atoms with van der Waals surface area (Å²) in [7, 11) is 0. The van der Waals surface area contributed by atoms with E-state index in [1.165, 1.54) is 12.1 Å². The third kappa shape index (κ3) is 2.71. The lowest BCUT2D eigenvalue weighted by Gasteiger charge is -2.23. The number of nitrogens with one attached hydrogen (secondary N) is 2. The molecule has 96 valence electrons. The first-order valence-corrected chi connectivity index (χ1v) is 5.66. The van der Waals surface area contributed by atoms with E-state index in [0.29, 0.717) is 19.4 Å². The molecule has 0 aliphatic carbocycles. The molecule has 1 unspecified atom stereocenters. The van der Waals surface area contributed by atoms with Gasteiger partial charge in [-0.3, -0.25) is 9.59 Å². The molecule has 0 radical (unpaired) electrons. The van der Waals surface area contributed by atoms with Crippen molar-refractivity contribution in [2.24, 2.45) is 0 Å². The highest BCUT2D eigenvalue weighted by Gasteiger charge is 2.21. The van der Waals surface area contributed by atoms with Crippen molar-refractivity contribution >= 4 is 11.8 Å². The maximum absolute atomic E-state index is 11.9. The molecule has 4 N–H and O–H groups in total. The van der Waals surface area contributed by atoms with Gasteiger partial charge in [0.05, 0.1) is 5.56 Å². The van der Waals surface area contributed by atoms with Crippen molar-refractivity contribution < 1.29 is 19.8 Å². The number of benzene rings is 1. The second-order valence-corrected chi connectivity index (χ2v) is 4.21. The van der Waals surface area contributed by atoms with Crippen LogP contribution in [0.2, 0.25) is 0 Å². The van der Waals surface area contributed by atoms with Crippen molar-refractivity contribution in [3.8, 4) is 11.5 Å². The number of carbonyl (C=O) groups excluding carboxylic acids is 2. The highest BCUT2D eigenvalue weighted by molar-refractivity contribution is 5.97. The summed E-state index contributed by atoms with van der Waals surface area (Å²) in [5.74, 6) is -0.817. The zero-order valence-corrected chi connectivity index (χ0v) is 9.64. The van der Waals surface area contributed by atoms with Crippen LogP contribution in [0.1, 0.15) is 23.2 Å². The van der Waals surface area contributed by atoms with Crippen LogP contribution in [0.3, 0.4) is 0 Å². The minimum atomic E-state index is -0.423. The number of piperidine rings is 1. The van der Waals surface area contributed by atoms with E-state index in [1.807, 2.05) is 0 Å². The van der Waals surface area contributed by atoms with Crippen molar-refractivity contribution in [3.63, 3.8) is 0 Å². The molecule has 1 aromatic rings. The van der Waals surface area contributed by atoms with Gasteiger partial charge in [-0.25, -0.2) is 0 Å². The zero-order valence-electron chi connectivity index (χ0n) is 9.64. The number of phenols is 2. The van der Waals surface area contributed by atoms with E-state index in [1.54, 1.807) is 0 Å². The molecule has 0 aromatic heterocycles. The second kappa shape index (κ2) is 4.95. The van der Waals surface area contributed by atoms with Crippen molar-refractivity contribution in [2.45, 2.75) is 18.9 Å². The van der Waals surface area contributed by atoms with Gasteiger partial charge in [0, 0.05) is 25.1 Å². The minimum absolute atomic E-state index is 0.0204. The molecule has 0 bridgehead atoms. The normalized spacial score (nSPS) is 19.1. The Morgan fingerprint density at radius 1 is 1.39 bits per heavy atom. The Bertz CT molecular complexity index is 477. The van der Waals surface area contributed by atoms with E-state index in [9.17, 15) is 14.7 Å². The quantitative estimate of drug-likeness (QED) is 0.598. The van der Waals surface area contributed by atoms with Gasteiger partial charge >= 0.3 is 0 Å². The molecule has 2 amide bonds. The third-order valence-corrected chi connectivity index (χ3v) is 2.83. The smallest absolute Gasteiger partial charge is 0.255 e. The topological polar surface area (TPSA) is 98.7 Å². The molecule has 18 heavy (non-hydrogen) atoms. The average Bonchev–Trinajstić information content (AvgIpc) is 2.32. The van der Waals surface area contributed by atoms with Crippen LogP contribution in [-0.4, -0.2) is 34.6 Å². The molecule has 1 saturated heterocycles. The van der Waals surface area contributed by atoms with Crippen LogP contribution in [0.15, 0.2) is 18.2 Å². The molecular weight excluding hydrogens is 236 g/mol. The van der Waals surface area contributed by atoms with Crippen LogP contribution in [0.4, 0.5) is 0 Å². The lowest BCUT2D eigenvalue weighted by atomic mass is 10.1. The molecule has 6 nitrogen and oxygen atoms in total. The van der Waals surface area contributed by atoms with E-state index in [-0.39, 0.29) is 29.0 Å². The first-order chi connectivity index (χ1) is 8.56. The summed E-state index contributed by atoms with van der Waals surface area (Å²) in [6.45, 7) is 0.392. The molecular formula is C12H14N2O4. The van der Waals surface area contributed by atoms with Gasteiger partial charge in [-0.1, -0.05) is 0 Å². The minimum Gasteiger partial charge on any atom is -0.508 e. The van der Waals surface area contributed by atoms with Gasteiger partial charge in [0.25, 0.3) is 5.91 Å². The number of carbonyl (C=O) groups is 2. The average molecular weight is 250 g/mol. The van der Waals surface area contributed by atoms with Crippen LogP contribution < -0.4 is 10.6 Å². The molecule has 6 heteroatoms. The van der Waals surface area contributed by atoms with Crippen molar-refractivity contribution in [3.05, 3.63) is 23.8 Å². The number of aromatic hydroxyl groups is 2. The monoisotopic (exact) mass is 250 g/mol. The van der Waals surface area contributed by atoms with Crippen LogP contribution in [-0.2, 0) is 4.79 Å². The molecule has 0 spiro atoms. The highest BCUT2D eigenvalue weighted by atomic mass is 16.3. The Hall–Kier alpha value is -2.24. The Morgan fingerprint density at radius 3 is 2.78 bits per heavy atom. The van der Waals surface area contributed by atoms with Crippen LogP contribution in [0.25, 0.3) is 0 Å². The molecule has 1 aliphatic rings. The first kappa shape index (κ1) is 12.2. The van der Waals surface area contributed by atoms with Gasteiger partial charge in [0.15, 0.2) is 0 Å². The third-order valence-electron chi connectivity index (χ3n) is 2.83. The van der Waals surface area contributed by atoms with Gasteiger partial charge in [0.2, 0.25) is 5.91 Å². The fraction of sp³-hybridized carbons (Fsp3) is 0.333. The first-order valence-electron chi connectivity index (χ1n) is 5.66. The number of hydrogen-bond donors (Lipinski definition) is 4. The predicted molar refractivity (Wildman–Crippen MR) is 63.3 cm³/mol. The van der Waals surface area contributed by atoms with Crippen LogP contribution in [0, 0.1) is 0 Å². The number of hydrogen-bond acceptors (Lipinski definition) is 4. The van der Waals surface area contributed by atoms with Gasteiger partial charge < -0.3 is 20.8 Å². The molecule has 1 heterocycles. The van der Waals surface area contributed by atoms with Crippen LogP contribution >= 0.6 is 0 Å². The van der Waals surface area contributed by atoms with E-state index in [0.717, 1.165) is 6.07 Å². The Labute approximate surface area is 104 Å². The summed E-state index contributed by atoms with van der Waals surface area (Å²) in [5, 5.41) is 24.1. The molecule has 1 fully saturated rings.